The minimum atomic E-state index is 0.347. The van der Waals surface area contributed by atoms with Gasteiger partial charge in [0.05, 0.1) is 10.4 Å². The second kappa shape index (κ2) is 5.90. The van der Waals surface area contributed by atoms with Crippen LogP contribution in [0.25, 0.3) is 0 Å². The fraction of sp³-hybridized carbons (Fsp3) is 0.200. The molecule has 0 fully saturated rings. The highest BCUT2D eigenvalue weighted by Crippen LogP contribution is 2.23. The molecule has 68 valence electrons. The maximum absolute atomic E-state index is 5.38. The molecule has 0 aromatic heterocycles. The van der Waals surface area contributed by atoms with E-state index in [1.165, 1.54) is 0 Å². The summed E-state index contributed by atoms with van der Waals surface area (Å²) in [5.74, 6) is 6.64. The third-order valence-corrected chi connectivity index (χ3v) is 2.12. The molecule has 1 rings (SSSR count). The summed E-state index contributed by atoms with van der Waals surface area (Å²) in [4.78, 5) is 0. The number of alkyl halides is 1. The van der Waals surface area contributed by atoms with E-state index in [1.807, 2.05) is 24.3 Å². The molecular weight excluding hydrogens is 251 g/mol. The molecule has 1 nitrogen and oxygen atoms in total. The first kappa shape index (κ1) is 10.4. The zero-order valence-electron chi connectivity index (χ0n) is 6.89. The summed E-state index contributed by atoms with van der Waals surface area (Å²) in [5, 5.41) is 0. The average molecular weight is 260 g/mol. The van der Waals surface area contributed by atoms with Crippen molar-refractivity contribution in [2.45, 2.75) is 0 Å². The van der Waals surface area contributed by atoms with E-state index >= 15 is 0 Å². The standard InChI is InChI=1S/C10H8BrClO/c11-9-5-1-2-6-10(9)13-8-4-3-7-12/h1-2,5-6H,7-8H2. The van der Waals surface area contributed by atoms with Crippen molar-refractivity contribution in [1.82, 2.24) is 0 Å². The van der Waals surface area contributed by atoms with Gasteiger partial charge in [-0.2, -0.15) is 0 Å². The molecule has 0 bridgehead atoms. The fourth-order valence-corrected chi connectivity index (χ4v) is 1.27. The average Bonchev–Trinajstić information content (AvgIpc) is 2.15. The maximum atomic E-state index is 5.38. The van der Waals surface area contributed by atoms with Gasteiger partial charge in [0.25, 0.3) is 0 Å². The zero-order chi connectivity index (χ0) is 9.52. The number of rotatable bonds is 2. The third kappa shape index (κ3) is 3.71. The molecular formula is C10H8BrClO. The molecule has 1 aromatic carbocycles. The van der Waals surface area contributed by atoms with Crippen molar-refractivity contribution in [2.75, 3.05) is 12.5 Å². The lowest BCUT2D eigenvalue weighted by atomic mass is 10.3. The van der Waals surface area contributed by atoms with Crippen LogP contribution < -0.4 is 4.74 Å². The van der Waals surface area contributed by atoms with E-state index in [9.17, 15) is 0 Å². The van der Waals surface area contributed by atoms with Crippen LogP contribution in [-0.2, 0) is 0 Å². The Morgan fingerprint density at radius 3 is 2.77 bits per heavy atom. The third-order valence-electron chi connectivity index (χ3n) is 1.33. The fourth-order valence-electron chi connectivity index (χ4n) is 0.774. The van der Waals surface area contributed by atoms with Gasteiger partial charge in [-0.1, -0.05) is 24.0 Å². The summed E-state index contributed by atoms with van der Waals surface area (Å²) in [6.45, 7) is 0.370. The van der Waals surface area contributed by atoms with Crippen LogP contribution in [0.15, 0.2) is 28.7 Å². The van der Waals surface area contributed by atoms with Crippen LogP contribution in [0.5, 0.6) is 5.75 Å². The summed E-state index contributed by atoms with van der Waals surface area (Å²) < 4.78 is 6.29. The highest BCUT2D eigenvalue weighted by atomic mass is 79.9. The molecule has 0 saturated carbocycles. The SMILES string of the molecule is ClCC#CCOc1ccccc1Br. The van der Waals surface area contributed by atoms with Gasteiger partial charge in [-0.05, 0) is 28.1 Å². The lowest BCUT2D eigenvalue weighted by Crippen LogP contribution is -1.94. The van der Waals surface area contributed by atoms with Crippen molar-refractivity contribution >= 4 is 27.5 Å². The van der Waals surface area contributed by atoms with E-state index in [4.69, 9.17) is 16.3 Å². The van der Waals surface area contributed by atoms with E-state index in [0.717, 1.165) is 10.2 Å². The van der Waals surface area contributed by atoms with Crippen LogP contribution in [0.4, 0.5) is 0 Å². The van der Waals surface area contributed by atoms with Gasteiger partial charge in [0, 0.05) is 0 Å². The van der Waals surface area contributed by atoms with Crippen LogP contribution in [0, 0.1) is 11.8 Å². The summed E-state index contributed by atoms with van der Waals surface area (Å²) in [6, 6.07) is 7.65. The maximum Gasteiger partial charge on any atom is 0.149 e. The van der Waals surface area contributed by atoms with Gasteiger partial charge < -0.3 is 4.74 Å². The van der Waals surface area contributed by atoms with E-state index in [1.54, 1.807) is 0 Å². The molecule has 0 radical (unpaired) electrons. The molecule has 0 unspecified atom stereocenters. The first-order valence-electron chi connectivity index (χ1n) is 3.73. The largest absolute Gasteiger partial charge is 0.480 e. The number of hydrogen-bond acceptors (Lipinski definition) is 1. The first-order valence-corrected chi connectivity index (χ1v) is 5.06. The monoisotopic (exact) mass is 258 g/mol. The van der Waals surface area contributed by atoms with Crippen molar-refractivity contribution in [1.29, 1.82) is 0 Å². The second-order valence-electron chi connectivity index (χ2n) is 2.21. The lowest BCUT2D eigenvalue weighted by Gasteiger charge is -2.02. The first-order chi connectivity index (χ1) is 6.34. The van der Waals surface area contributed by atoms with Gasteiger partial charge in [-0.25, -0.2) is 0 Å². The van der Waals surface area contributed by atoms with E-state index in [-0.39, 0.29) is 0 Å². The number of para-hydroxylation sites is 1. The molecule has 1 aromatic rings. The molecule has 0 aliphatic heterocycles. The Morgan fingerprint density at radius 2 is 2.08 bits per heavy atom. The quantitative estimate of drug-likeness (QED) is 0.586. The van der Waals surface area contributed by atoms with Crippen LogP contribution in [0.2, 0.25) is 0 Å². The molecule has 0 spiro atoms. The van der Waals surface area contributed by atoms with Crippen molar-refractivity contribution in [3.05, 3.63) is 28.7 Å². The van der Waals surface area contributed by atoms with Crippen molar-refractivity contribution in [3.63, 3.8) is 0 Å². The molecule has 0 heterocycles. The Morgan fingerprint density at radius 1 is 1.31 bits per heavy atom. The van der Waals surface area contributed by atoms with Gasteiger partial charge in [0.15, 0.2) is 0 Å². The highest BCUT2D eigenvalue weighted by Gasteiger charge is 1.95. The molecule has 0 atom stereocenters. The number of halogens is 2. The molecule has 0 aliphatic carbocycles. The highest BCUT2D eigenvalue weighted by molar-refractivity contribution is 9.10. The Labute approximate surface area is 91.2 Å². The van der Waals surface area contributed by atoms with Crippen LogP contribution in [-0.4, -0.2) is 12.5 Å². The normalized spacial score (nSPS) is 8.77. The predicted molar refractivity (Wildman–Crippen MR) is 58.1 cm³/mol. The lowest BCUT2D eigenvalue weighted by molar-refractivity contribution is 0.368. The molecule has 0 amide bonds. The minimum absolute atomic E-state index is 0.347. The summed E-state index contributed by atoms with van der Waals surface area (Å²) in [6.07, 6.45) is 0. The Kier molecular flexibility index (Phi) is 4.74. The van der Waals surface area contributed by atoms with Gasteiger partial charge in [-0.15, -0.1) is 11.6 Å². The van der Waals surface area contributed by atoms with Crippen molar-refractivity contribution in [2.24, 2.45) is 0 Å². The van der Waals surface area contributed by atoms with Crippen LogP contribution >= 0.6 is 27.5 Å². The zero-order valence-corrected chi connectivity index (χ0v) is 9.23. The van der Waals surface area contributed by atoms with Crippen molar-refractivity contribution in [3.8, 4) is 17.6 Å². The van der Waals surface area contributed by atoms with Gasteiger partial charge >= 0.3 is 0 Å². The smallest absolute Gasteiger partial charge is 0.149 e. The van der Waals surface area contributed by atoms with Gasteiger partial charge in [-0.3, -0.25) is 0 Å². The van der Waals surface area contributed by atoms with Crippen molar-refractivity contribution < 1.29 is 4.74 Å². The Hall–Kier alpha value is -0.650. The van der Waals surface area contributed by atoms with Gasteiger partial charge in [0.2, 0.25) is 0 Å². The molecule has 3 heteroatoms. The molecule has 0 aliphatic rings. The van der Waals surface area contributed by atoms with Gasteiger partial charge in [0.1, 0.15) is 12.4 Å². The minimum Gasteiger partial charge on any atom is -0.480 e. The molecule has 0 N–H and O–H groups in total. The Bertz CT molecular complexity index is 327. The predicted octanol–water partition coefficient (Wildman–Crippen LogP) is 3.07. The summed E-state index contributed by atoms with van der Waals surface area (Å²) in [5.41, 5.74) is 0. The summed E-state index contributed by atoms with van der Waals surface area (Å²) in [7, 11) is 0. The molecule has 13 heavy (non-hydrogen) atoms. The summed E-state index contributed by atoms with van der Waals surface area (Å²) >= 11 is 8.74. The second-order valence-corrected chi connectivity index (χ2v) is 3.33. The molecule has 0 saturated heterocycles. The van der Waals surface area contributed by atoms with E-state index < -0.39 is 0 Å². The number of hydrogen-bond donors (Lipinski definition) is 0. The van der Waals surface area contributed by atoms with Crippen LogP contribution in [0.1, 0.15) is 0 Å². The van der Waals surface area contributed by atoms with E-state index in [0.29, 0.717) is 12.5 Å². The Balaban J connectivity index is 2.50. The van der Waals surface area contributed by atoms with E-state index in [2.05, 4.69) is 27.8 Å². The topological polar surface area (TPSA) is 9.23 Å². The van der Waals surface area contributed by atoms with Crippen LogP contribution in [0.3, 0.4) is 0 Å². The number of ether oxygens (including phenoxy) is 1. The number of benzene rings is 1.